The molecule has 1 aromatic carbocycles. The number of methoxy groups -OCH3 is 2. The van der Waals surface area contributed by atoms with Crippen LogP contribution in [0.25, 0.3) is 0 Å². The zero-order valence-electron chi connectivity index (χ0n) is 8.54. The Labute approximate surface area is 84.0 Å². The van der Waals surface area contributed by atoms with Crippen molar-refractivity contribution in [2.75, 3.05) is 20.8 Å². The van der Waals surface area contributed by atoms with E-state index in [9.17, 15) is 0 Å². The minimum atomic E-state index is 0.431. The lowest BCUT2D eigenvalue weighted by Gasteiger charge is -2.29. The Kier molecular flexibility index (Phi) is 2.59. The van der Waals surface area contributed by atoms with Gasteiger partial charge in [0.25, 0.3) is 0 Å². The van der Waals surface area contributed by atoms with Gasteiger partial charge in [-0.15, -0.1) is 0 Å². The van der Waals surface area contributed by atoms with Crippen LogP contribution in [0.4, 0.5) is 0 Å². The lowest BCUT2D eigenvalue weighted by molar-refractivity contribution is 0.328. The molecular formula is C11H15NO2. The molecule has 1 atom stereocenters. The maximum atomic E-state index is 5.36. The molecule has 3 nitrogen and oxygen atoms in total. The Balaban J connectivity index is 2.36. The number of hydrogen-bond donors (Lipinski definition) is 1. The standard InChI is InChI=1S/C11H15NO2/c1-13-10-5-3-4-8(11(10)14-2)9-6-7-12-9/h3-5,9,12H,6-7H2,1-2H3. The molecule has 76 valence electrons. The van der Waals surface area contributed by atoms with Gasteiger partial charge in [0, 0.05) is 11.6 Å². The number of ether oxygens (including phenoxy) is 2. The van der Waals surface area contributed by atoms with Crippen molar-refractivity contribution in [3.63, 3.8) is 0 Å². The first-order valence-electron chi connectivity index (χ1n) is 4.81. The van der Waals surface area contributed by atoms with Crippen LogP contribution in [0.2, 0.25) is 0 Å². The quantitative estimate of drug-likeness (QED) is 0.793. The average molecular weight is 193 g/mol. The van der Waals surface area contributed by atoms with Crippen LogP contribution in [0.3, 0.4) is 0 Å². The molecule has 14 heavy (non-hydrogen) atoms. The molecule has 0 radical (unpaired) electrons. The molecule has 1 aromatic rings. The smallest absolute Gasteiger partial charge is 0.165 e. The van der Waals surface area contributed by atoms with Crippen molar-refractivity contribution in [2.45, 2.75) is 12.5 Å². The third-order valence-electron chi connectivity index (χ3n) is 2.63. The molecule has 0 aliphatic carbocycles. The second kappa shape index (κ2) is 3.88. The molecule has 3 heteroatoms. The first kappa shape index (κ1) is 9.34. The van der Waals surface area contributed by atoms with E-state index in [1.807, 2.05) is 12.1 Å². The summed E-state index contributed by atoms with van der Waals surface area (Å²) in [6, 6.07) is 6.43. The molecule has 0 amide bonds. The number of hydrogen-bond acceptors (Lipinski definition) is 3. The summed E-state index contributed by atoms with van der Waals surface area (Å²) in [5, 5.41) is 3.35. The predicted octanol–water partition coefficient (Wildman–Crippen LogP) is 1.74. The third kappa shape index (κ3) is 1.44. The van der Waals surface area contributed by atoms with Gasteiger partial charge in [-0.25, -0.2) is 0 Å². The zero-order valence-corrected chi connectivity index (χ0v) is 8.54. The zero-order chi connectivity index (χ0) is 9.97. The van der Waals surface area contributed by atoms with Crippen LogP contribution in [-0.4, -0.2) is 20.8 Å². The molecule has 0 saturated carbocycles. The highest BCUT2D eigenvalue weighted by Crippen LogP contribution is 2.37. The van der Waals surface area contributed by atoms with E-state index in [4.69, 9.17) is 9.47 Å². The second-order valence-corrected chi connectivity index (χ2v) is 3.38. The van der Waals surface area contributed by atoms with Gasteiger partial charge in [-0.05, 0) is 19.0 Å². The lowest BCUT2D eigenvalue weighted by atomic mass is 9.97. The van der Waals surface area contributed by atoms with Crippen LogP contribution in [0, 0.1) is 0 Å². The minimum Gasteiger partial charge on any atom is -0.493 e. The molecule has 1 unspecified atom stereocenters. The summed E-state index contributed by atoms with van der Waals surface area (Å²) in [5.74, 6) is 1.66. The molecule has 1 saturated heterocycles. The van der Waals surface area contributed by atoms with Gasteiger partial charge in [-0.1, -0.05) is 12.1 Å². The van der Waals surface area contributed by atoms with Crippen molar-refractivity contribution in [3.8, 4) is 11.5 Å². The van der Waals surface area contributed by atoms with E-state index in [-0.39, 0.29) is 0 Å². The summed E-state index contributed by atoms with van der Waals surface area (Å²) in [6.07, 6.45) is 1.17. The van der Waals surface area contributed by atoms with Crippen LogP contribution in [0.15, 0.2) is 18.2 Å². The normalized spacial score (nSPS) is 20.0. The van der Waals surface area contributed by atoms with Crippen molar-refractivity contribution in [1.29, 1.82) is 0 Å². The van der Waals surface area contributed by atoms with E-state index in [0.29, 0.717) is 6.04 Å². The first-order valence-corrected chi connectivity index (χ1v) is 4.81. The van der Waals surface area contributed by atoms with Crippen molar-refractivity contribution >= 4 is 0 Å². The summed E-state index contributed by atoms with van der Waals surface area (Å²) in [7, 11) is 3.34. The summed E-state index contributed by atoms with van der Waals surface area (Å²) in [6.45, 7) is 1.09. The molecule has 0 bridgehead atoms. The number of benzene rings is 1. The molecule has 1 heterocycles. The van der Waals surface area contributed by atoms with Gasteiger partial charge >= 0.3 is 0 Å². The summed E-state index contributed by atoms with van der Waals surface area (Å²) in [4.78, 5) is 0. The van der Waals surface area contributed by atoms with E-state index >= 15 is 0 Å². The Bertz CT molecular complexity index is 321. The number of nitrogens with one attached hydrogen (secondary N) is 1. The van der Waals surface area contributed by atoms with E-state index in [2.05, 4.69) is 11.4 Å². The summed E-state index contributed by atoms with van der Waals surface area (Å²) in [5.41, 5.74) is 1.19. The summed E-state index contributed by atoms with van der Waals surface area (Å²) >= 11 is 0. The molecule has 0 aromatic heterocycles. The minimum absolute atomic E-state index is 0.431. The summed E-state index contributed by atoms with van der Waals surface area (Å²) < 4.78 is 10.6. The number of para-hydroxylation sites is 1. The fraction of sp³-hybridized carbons (Fsp3) is 0.455. The molecule has 1 aliphatic rings. The third-order valence-corrected chi connectivity index (χ3v) is 2.63. The fourth-order valence-electron chi connectivity index (χ4n) is 1.74. The van der Waals surface area contributed by atoms with Crippen LogP contribution in [0.5, 0.6) is 11.5 Å². The van der Waals surface area contributed by atoms with Gasteiger partial charge in [0.15, 0.2) is 11.5 Å². The van der Waals surface area contributed by atoms with Crippen molar-refractivity contribution in [3.05, 3.63) is 23.8 Å². The van der Waals surface area contributed by atoms with Gasteiger partial charge in [0.2, 0.25) is 0 Å². The van der Waals surface area contributed by atoms with E-state index < -0.39 is 0 Å². The molecule has 2 rings (SSSR count). The highest BCUT2D eigenvalue weighted by Gasteiger charge is 2.23. The molecule has 1 fully saturated rings. The highest BCUT2D eigenvalue weighted by atomic mass is 16.5. The Morgan fingerprint density at radius 3 is 2.57 bits per heavy atom. The van der Waals surface area contributed by atoms with Crippen molar-refractivity contribution < 1.29 is 9.47 Å². The second-order valence-electron chi connectivity index (χ2n) is 3.38. The first-order chi connectivity index (χ1) is 6.86. The maximum Gasteiger partial charge on any atom is 0.165 e. The predicted molar refractivity (Wildman–Crippen MR) is 54.9 cm³/mol. The maximum absolute atomic E-state index is 5.36. The molecular weight excluding hydrogens is 178 g/mol. The van der Waals surface area contributed by atoms with Gasteiger partial charge in [0.05, 0.1) is 14.2 Å². The van der Waals surface area contributed by atoms with Gasteiger partial charge in [-0.2, -0.15) is 0 Å². The van der Waals surface area contributed by atoms with Crippen molar-refractivity contribution in [2.24, 2.45) is 0 Å². The average Bonchev–Trinajstić information content (AvgIpc) is 2.15. The Hall–Kier alpha value is -1.22. The van der Waals surface area contributed by atoms with Gasteiger partial charge in [0.1, 0.15) is 0 Å². The SMILES string of the molecule is COc1cccc(C2CCN2)c1OC. The largest absolute Gasteiger partial charge is 0.493 e. The van der Waals surface area contributed by atoms with Crippen molar-refractivity contribution in [1.82, 2.24) is 5.32 Å². The monoisotopic (exact) mass is 193 g/mol. The molecule has 1 aliphatic heterocycles. The van der Waals surface area contributed by atoms with E-state index in [1.54, 1.807) is 14.2 Å². The lowest BCUT2D eigenvalue weighted by Crippen LogP contribution is -2.35. The highest BCUT2D eigenvalue weighted by molar-refractivity contribution is 5.48. The van der Waals surface area contributed by atoms with Gasteiger partial charge in [-0.3, -0.25) is 0 Å². The van der Waals surface area contributed by atoms with Gasteiger partial charge < -0.3 is 14.8 Å². The van der Waals surface area contributed by atoms with E-state index in [0.717, 1.165) is 18.0 Å². The van der Waals surface area contributed by atoms with Crippen LogP contribution in [0.1, 0.15) is 18.0 Å². The molecule has 0 spiro atoms. The Morgan fingerprint density at radius 1 is 1.29 bits per heavy atom. The van der Waals surface area contributed by atoms with E-state index in [1.165, 1.54) is 12.0 Å². The van der Waals surface area contributed by atoms with Crippen LogP contribution >= 0.6 is 0 Å². The Morgan fingerprint density at radius 2 is 2.07 bits per heavy atom. The number of rotatable bonds is 3. The van der Waals surface area contributed by atoms with Crippen LogP contribution in [-0.2, 0) is 0 Å². The fourth-order valence-corrected chi connectivity index (χ4v) is 1.74. The topological polar surface area (TPSA) is 30.5 Å². The molecule has 1 N–H and O–H groups in total. The van der Waals surface area contributed by atoms with Crippen LogP contribution < -0.4 is 14.8 Å².